The molecule has 15 heavy (non-hydrogen) atoms. The van der Waals surface area contributed by atoms with Crippen molar-refractivity contribution in [3.8, 4) is 0 Å². The molecule has 0 amide bonds. The Morgan fingerprint density at radius 3 is 2.67 bits per heavy atom. The summed E-state index contributed by atoms with van der Waals surface area (Å²) in [6, 6.07) is 1.37. The molecule has 1 aliphatic heterocycles. The average molecular weight is 213 g/mol. The highest BCUT2D eigenvalue weighted by Gasteiger charge is 2.25. The third-order valence-corrected chi connectivity index (χ3v) is 3.49. The zero-order chi connectivity index (χ0) is 11.3. The fourth-order valence-corrected chi connectivity index (χ4v) is 2.57. The molecule has 0 saturated carbocycles. The number of hydrogen-bond donors (Lipinski definition) is 1. The predicted octanol–water partition coefficient (Wildman–Crippen LogP) is 1.14. The second-order valence-electron chi connectivity index (χ2n) is 5.06. The number of nitrogens with zero attached hydrogens (tertiary/aromatic N) is 2. The lowest BCUT2D eigenvalue weighted by molar-refractivity contribution is 0.0933. The molecule has 2 N–H and O–H groups in total. The number of piperidine rings is 1. The molecule has 0 aromatic rings. The molecule has 0 aromatic heterocycles. The molecule has 1 aliphatic rings. The summed E-state index contributed by atoms with van der Waals surface area (Å²) < 4.78 is 0. The Morgan fingerprint density at radius 1 is 1.33 bits per heavy atom. The smallest absolute Gasteiger partial charge is 0.0221 e. The minimum absolute atomic E-state index is 0.635. The molecule has 0 aromatic carbocycles. The summed E-state index contributed by atoms with van der Waals surface area (Å²) in [5, 5.41) is 0. The van der Waals surface area contributed by atoms with E-state index in [1.165, 1.54) is 38.8 Å². The molecule has 2 atom stereocenters. The van der Waals surface area contributed by atoms with E-state index in [1.807, 2.05) is 0 Å². The first-order valence-corrected chi connectivity index (χ1v) is 6.25. The van der Waals surface area contributed by atoms with Gasteiger partial charge in [-0.15, -0.1) is 0 Å². The van der Waals surface area contributed by atoms with Crippen LogP contribution < -0.4 is 5.73 Å². The highest BCUT2D eigenvalue weighted by molar-refractivity contribution is 4.82. The Kier molecular flexibility index (Phi) is 5.58. The van der Waals surface area contributed by atoms with E-state index in [4.69, 9.17) is 5.73 Å². The normalized spacial score (nSPS) is 28.6. The summed E-state index contributed by atoms with van der Waals surface area (Å²) in [6.07, 6.45) is 5.25. The van der Waals surface area contributed by atoms with Crippen molar-refractivity contribution in [2.45, 2.75) is 44.7 Å². The number of hydrogen-bond acceptors (Lipinski definition) is 3. The molecule has 3 nitrogen and oxygen atoms in total. The highest BCUT2D eigenvalue weighted by Crippen LogP contribution is 2.22. The van der Waals surface area contributed by atoms with Crippen LogP contribution in [0.2, 0.25) is 0 Å². The largest absolute Gasteiger partial charge is 0.329 e. The van der Waals surface area contributed by atoms with Gasteiger partial charge in [0.05, 0.1) is 0 Å². The Bertz CT molecular complexity index is 170. The van der Waals surface area contributed by atoms with Gasteiger partial charge < -0.3 is 10.6 Å². The van der Waals surface area contributed by atoms with E-state index < -0.39 is 0 Å². The molecule has 1 rings (SSSR count). The quantitative estimate of drug-likeness (QED) is 0.743. The average Bonchev–Trinajstić information content (AvgIpc) is 2.20. The van der Waals surface area contributed by atoms with Crippen LogP contribution in [0, 0.1) is 0 Å². The van der Waals surface area contributed by atoms with Crippen molar-refractivity contribution in [3.05, 3.63) is 0 Å². The summed E-state index contributed by atoms with van der Waals surface area (Å²) in [6.45, 7) is 5.56. The van der Waals surface area contributed by atoms with E-state index in [1.54, 1.807) is 0 Å². The van der Waals surface area contributed by atoms with E-state index in [-0.39, 0.29) is 0 Å². The molecule has 0 aliphatic carbocycles. The van der Waals surface area contributed by atoms with Gasteiger partial charge in [-0.05, 0) is 53.4 Å². The molecular weight excluding hydrogens is 186 g/mol. The Hall–Kier alpha value is -0.120. The fraction of sp³-hybridized carbons (Fsp3) is 1.00. The standard InChI is InChI=1S/C12H27N3/c1-11-6-4-7-12(10-13)15(11)9-5-8-14(2)3/h11-12H,4-10,13H2,1-3H3. The maximum atomic E-state index is 5.84. The molecule has 1 fully saturated rings. The van der Waals surface area contributed by atoms with E-state index in [2.05, 4.69) is 30.8 Å². The van der Waals surface area contributed by atoms with Crippen LogP contribution in [0.4, 0.5) is 0 Å². The lowest BCUT2D eigenvalue weighted by Gasteiger charge is -2.40. The first kappa shape index (κ1) is 12.9. The molecule has 2 unspecified atom stereocenters. The van der Waals surface area contributed by atoms with Crippen LogP contribution in [0.5, 0.6) is 0 Å². The van der Waals surface area contributed by atoms with Crippen LogP contribution in [-0.2, 0) is 0 Å². The molecule has 1 heterocycles. The molecule has 0 spiro atoms. The van der Waals surface area contributed by atoms with Crippen molar-refractivity contribution in [3.63, 3.8) is 0 Å². The molecule has 0 radical (unpaired) electrons. The zero-order valence-corrected chi connectivity index (χ0v) is 10.6. The van der Waals surface area contributed by atoms with Gasteiger partial charge >= 0.3 is 0 Å². The van der Waals surface area contributed by atoms with Crippen LogP contribution in [0.1, 0.15) is 32.6 Å². The third kappa shape index (κ3) is 4.09. The van der Waals surface area contributed by atoms with E-state index in [0.29, 0.717) is 6.04 Å². The SMILES string of the molecule is CC1CCCC(CN)N1CCCN(C)C. The minimum Gasteiger partial charge on any atom is -0.329 e. The van der Waals surface area contributed by atoms with Crippen molar-refractivity contribution in [2.24, 2.45) is 5.73 Å². The van der Waals surface area contributed by atoms with E-state index in [0.717, 1.165) is 12.6 Å². The van der Waals surface area contributed by atoms with Crippen LogP contribution in [0.25, 0.3) is 0 Å². The van der Waals surface area contributed by atoms with Crippen LogP contribution >= 0.6 is 0 Å². The first-order chi connectivity index (χ1) is 7.15. The van der Waals surface area contributed by atoms with Gasteiger partial charge in [-0.25, -0.2) is 0 Å². The van der Waals surface area contributed by atoms with Crippen LogP contribution in [-0.4, -0.2) is 55.6 Å². The highest BCUT2D eigenvalue weighted by atomic mass is 15.2. The lowest BCUT2D eigenvalue weighted by atomic mass is 9.96. The minimum atomic E-state index is 0.635. The molecule has 3 heteroatoms. The van der Waals surface area contributed by atoms with Crippen LogP contribution in [0.3, 0.4) is 0 Å². The first-order valence-electron chi connectivity index (χ1n) is 6.25. The summed E-state index contributed by atoms with van der Waals surface area (Å²) in [7, 11) is 4.28. The molecule has 0 bridgehead atoms. The fourth-order valence-electron chi connectivity index (χ4n) is 2.57. The Morgan fingerprint density at radius 2 is 2.07 bits per heavy atom. The van der Waals surface area contributed by atoms with Crippen molar-refractivity contribution in [2.75, 3.05) is 33.7 Å². The topological polar surface area (TPSA) is 32.5 Å². The molecule has 90 valence electrons. The Balaban J connectivity index is 2.33. The maximum Gasteiger partial charge on any atom is 0.0221 e. The van der Waals surface area contributed by atoms with Gasteiger partial charge in [-0.3, -0.25) is 4.90 Å². The maximum absolute atomic E-state index is 5.84. The number of rotatable bonds is 5. The zero-order valence-electron chi connectivity index (χ0n) is 10.6. The second kappa shape index (κ2) is 6.46. The number of likely N-dealkylation sites (tertiary alicyclic amines) is 1. The van der Waals surface area contributed by atoms with Gasteiger partial charge in [-0.1, -0.05) is 6.42 Å². The summed E-state index contributed by atoms with van der Waals surface area (Å²) in [5.74, 6) is 0. The summed E-state index contributed by atoms with van der Waals surface area (Å²) in [4.78, 5) is 4.87. The number of nitrogens with two attached hydrogens (primary N) is 1. The van der Waals surface area contributed by atoms with Crippen molar-refractivity contribution < 1.29 is 0 Å². The monoisotopic (exact) mass is 213 g/mol. The van der Waals surface area contributed by atoms with Gasteiger partial charge in [0.1, 0.15) is 0 Å². The third-order valence-electron chi connectivity index (χ3n) is 3.49. The van der Waals surface area contributed by atoms with Crippen molar-refractivity contribution >= 4 is 0 Å². The van der Waals surface area contributed by atoms with Gasteiger partial charge in [0.15, 0.2) is 0 Å². The van der Waals surface area contributed by atoms with Gasteiger partial charge in [0, 0.05) is 18.6 Å². The molecule has 1 saturated heterocycles. The summed E-state index contributed by atoms with van der Waals surface area (Å²) >= 11 is 0. The predicted molar refractivity (Wildman–Crippen MR) is 66.0 cm³/mol. The Labute approximate surface area is 94.6 Å². The molecular formula is C12H27N3. The van der Waals surface area contributed by atoms with Gasteiger partial charge in [-0.2, -0.15) is 0 Å². The van der Waals surface area contributed by atoms with Crippen molar-refractivity contribution in [1.29, 1.82) is 0 Å². The second-order valence-corrected chi connectivity index (χ2v) is 5.06. The van der Waals surface area contributed by atoms with Crippen LogP contribution in [0.15, 0.2) is 0 Å². The van der Waals surface area contributed by atoms with E-state index in [9.17, 15) is 0 Å². The van der Waals surface area contributed by atoms with Gasteiger partial charge in [0.2, 0.25) is 0 Å². The summed E-state index contributed by atoms with van der Waals surface area (Å²) in [5.41, 5.74) is 5.84. The van der Waals surface area contributed by atoms with Crippen molar-refractivity contribution in [1.82, 2.24) is 9.80 Å². The van der Waals surface area contributed by atoms with Gasteiger partial charge in [0.25, 0.3) is 0 Å². The lowest BCUT2D eigenvalue weighted by Crippen LogP contribution is -2.49. The van der Waals surface area contributed by atoms with E-state index >= 15 is 0 Å².